The lowest BCUT2D eigenvalue weighted by Gasteiger charge is -2.43. The van der Waals surface area contributed by atoms with Crippen LogP contribution in [0.2, 0.25) is 0 Å². The fourth-order valence-electron chi connectivity index (χ4n) is 3.28. The number of hydrogen-bond donors (Lipinski definition) is 2. The molecule has 0 saturated carbocycles. The Labute approximate surface area is 178 Å². The number of phenols is 1. The van der Waals surface area contributed by atoms with Crippen LogP contribution in [0.25, 0.3) is 0 Å². The smallest absolute Gasteiger partial charge is 0.276 e. The number of nitrogens with one attached hydrogen (secondary N) is 1. The molecule has 2 atom stereocenters. The Morgan fingerprint density at radius 2 is 2.07 bits per heavy atom. The number of alkyl halides is 1. The summed E-state index contributed by atoms with van der Waals surface area (Å²) in [6.07, 6.45) is 0. The number of aryl methyl sites for hydroxylation is 1. The highest BCUT2D eigenvalue weighted by atomic mass is 35.5. The summed E-state index contributed by atoms with van der Waals surface area (Å²) in [5, 5.41) is 13.0. The van der Waals surface area contributed by atoms with E-state index in [0.29, 0.717) is 22.6 Å². The molecule has 8 nitrogen and oxygen atoms in total. The van der Waals surface area contributed by atoms with Crippen molar-refractivity contribution in [3.05, 3.63) is 58.0 Å². The van der Waals surface area contributed by atoms with Gasteiger partial charge in [0.15, 0.2) is 6.61 Å². The first-order chi connectivity index (χ1) is 14.2. The quantitative estimate of drug-likeness (QED) is 0.393. The van der Waals surface area contributed by atoms with Gasteiger partial charge >= 0.3 is 0 Å². The van der Waals surface area contributed by atoms with Crippen LogP contribution in [0.4, 0.5) is 5.69 Å². The highest BCUT2D eigenvalue weighted by molar-refractivity contribution is 6.33. The van der Waals surface area contributed by atoms with E-state index in [-0.39, 0.29) is 18.3 Å². The lowest BCUT2D eigenvalue weighted by atomic mass is 9.95. The van der Waals surface area contributed by atoms with Gasteiger partial charge in [-0.3, -0.25) is 15.0 Å². The number of phenolic OH excluding ortho intramolecular Hbond substituents is 1. The van der Waals surface area contributed by atoms with Crippen molar-refractivity contribution < 1.29 is 19.4 Å². The number of halogens is 1. The van der Waals surface area contributed by atoms with Crippen molar-refractivity contribution in [3.63, 3.8) is 0 Å². The molecule has 1 heterocycles. The number of nitrogens with zero attached hydrogens (tertiary/aromatic N) is 2. The Bertz CT molecular complexity index is 995. The Morgan fingerprint density at radius 1 is 1.33 bits per heavy atom. The molecule has 0 aliphatic carbocycles. The third-order valence-electron chi connectivity index (χ3n) is 4.89. The third-order valence-corrected chi connectivity index (χ3v) is 5.32. The zero-order valence-electron chi connectivity index (χ0n) is 16.8. The Balaban J connectivity index is 1.69. The van der Waals surface area contributed by atoms with Gasteiger partial charge < -0.3 is 9.84 Å². The number of β-lactam (4-membered cyclic amide) rings is 1. The first-order valence-corrected chi connectivity index (χ1v) is 9.82. The van der Waals surface area contributed by atoms with Crippen LogP contribution < -0.4 is 10.2 Å². The van der Waals surface area contributed by atoms with Crippen molar-refractivity contribution in [2.24, 2.45) is 5.18 Å². The lowest BCUT2D eigenvalue weighted by Crippen LogP contribution is -2.63. The summed E-state index contributed by atoms with van der Waals surface area (Å²) in [5.41, 5.74) is 4.82. The highest BCUT2D eigenvalue weighted by Gasteiger charge is 2.48. The molecule has 1 saturated heterocycles. The lowest BCUT2D eigenvalue weighted by molar-refractivity contribution is -0.157. The second-order valence-electron chi connectivity index (χ2n) is 7.40. The number of rotatable bonds is 7. The Hall–Kier alpha value is -3.13. The van der Waals surface area contributed by atoms with Gasteiger partial charge in [-0.15, -0.1) is 16.5 Å². The summed E-state index contributed by atoms with van der Waals surface area (Å²) in [7, 11) is 0. The summed E-state index contributed by atoms with van der Waals surface area (Å²) in [6, 6.07) is 9.05. The summed E-state index contributed by atoms with van der Waals surface area (Å²) in [4.78, 5) is 35.5. The summed E-state index contributed by atoms with van der Waals surface area (Å²) in [5.74, 6) is -0.427. The van der Waals surface area contributed by atoms with Crippen LogP contribution >= 0.6 is 11.6 Å². The van der Waals surface area contributed by atoms with Gasteiger partial charge in [-0.2, -0.15) is 0 Å². The van der Waals surface area contributed by atoms with E-state index >= 15 is 0 Å². The average Bonchev–Trinajstić information content (AvgIpc) is 2.71. The molecule has 30 heavy (non-hydrogen) atoms. The summed E-state index contributed by atoms with van der Waals surface area (Å²) >= 11 is 6.12. The molecule has 2 unspecified atom stereocenters. The molecule has 2 N–H and O–H groups in total. The average molecular weight is 432 g/mol. The first kappa shape index (κ1) is 21.6. The maximum atomic E-state index is 12.4. The van der Waals surface area contributed by atoms with Crippen molar-refractivity contribution in [2.75, 3.05) is 6.61 Å². The van der Waals surface area contributed by atoms with Crippen molar-refractivity contribution in [1.29, 1.82) is 0 Å². The zero-order valence-corrected chi connectivity index (χ0v) is 17.5. The van der Waals surface area contributed by atoms with Crippen LogP contribution in [0, 0.1) is 11.8 Å². The van der Waals surface area contributed by atoms with Crippen LogP contribution in [-0.4, -0.2) is 33.9 Å². The molecule has 2 aromatic carbocycles. The predicted octanol–water partition coefficient (Wildman–Crippen LogP) is 3.82. The summed E-state index contributed by atoms with van der Waals surface area (Å²) < 4.78 is 5.67. The molecule has 1 aliphatic rings. The Morgan fingerprint density at radius 3 is 2.70 bits per heavy atom. The first-order valence-electron chi connectivity index (χ1n) is 9.39. The number of hydrogen-bond acceptors (Lipinski definition) is 6. The fourth-order valence-corrected chi connectivity index (χ4v) is 3.64. The van der Waals surface area contributed by atoms with Gasteiger partial charge in [0.05, 0.1) is 0 Å². The molecule has 0 spiro atoms. The van der Waals surface area contributed by atoms with Crippen molar-refractivity contribution >= 4 is 29.1 Å². The molecule has 1 fully saturated rings. The number of nitroso groups, excluding NO2 is 1. The molecule has 2 aromatic rings. The number of ether oxygens (including phenoxy) is 1. The SMILES string of the molecule is Cc1cc(OCC(=O)NN2C(=O)C(Cl)C2c2cccc(O)c2)c(C(C)C)cc1N=O. The second kappa shape index (κ2) is 8.71. The number of amides is 2. The highest BCUT2D eigenvalue weighted by Crippen LogP contribution is 2.38. The monoisotopic (exact) mass is 431 g/mol. The molecule has 2 amide bonds. The largest absolute Gasteiger partial charge is 0.508 e. The zero-order chi connectivity index (χ0) is 22.0. The van der Waals surface area contributed by atoms with E-state index in [1.165, 1.54) is 12.1 Å². The predicted molar refractivity (Wildman–Crippen MR) is 112 cm³/mol. The van der Waals surface area contributed by atoms with E-state index in [0.717, 1.165) is 10.6 Å². The topological polar surface area (TPSA) is 108 Å². The van der Waals surface area contributed by atoms with Crippen molar-refractivity contribution in [2.45, 2.75) is 38.1 Å². The second-order valence-corrected chi connectivity index (χ2v) is 7.87. The number of benzene rings is 2. The number of carbonyl (C=O) groups excluding carboxylic acids is 2. The van der Waals surface area contributed by atoms with Gasteiger partial charge in [0.25, 0.3) is 11.8 Å². The van der Waals surface area contributed by atoms with E-state index in [2.05, 4.69) is 10.6 Å². The van der Waals surface area contributed by atoms with Crippen LogP contribution in [0.15, 0.2) is 41.6 Å². The minimum Gasteiger partial charge on any atom is -0.508 e. The molecule has 1 aliphatic heterocycles. The van der Waals surface area contributed by atoms with Crippen LogP contribution in [-0.2, 0) is 9.59 Å². The van der Waals surface area contributed by atoms with Gasteiger partial charge in [-0.25, -0.2) is 5.01 Å². The maximum Gasteiger partial charge on any atom is 0.276 e. The minimum atomic E-state index is -0.841. The molecular formula is C21H22ClN3O5. The van der Waals surface area contributed by atoms with Crippen LogP contribution in [0.3, 0.4) is 0 Å². The minimum absolute atomic E-state index is 0.0372. The van der Waals surface area contributed by atoms with E-state index in [1.54, 1.807) is 31.2 Å². The van der Waals surface area contributed by atoms with Crippen molar-refractivity contribution in [3.8, 4) is 11.5 Å². The van der Waals surface area contributed by atoms with Gasteiger partial charge in [-0.1, -0.05) is 26.0 Å². The molecule has 0 bridgehead atoms. The fraction of sp³-hybridized carbons (Fsp3) is 0.333. The molecule has 0 aromatic heterocycles. The van der Waals surface area contributed by atoms with E-state index in [1.807, 2.05) is 13.8 Å². The van der Waals surface area contributed by atoms with Gasteiger partial charge in [-0.05, 0) is 59.0 Å². The van der Waals surface area contributed by atoms with Gasteiger partial charge in [0.2, 0.25) is 0 Å². The summed E-state index contributed by atoms with van der Waals surface area (Å²) in [6.45, 7) is 5.26. The van der Waals surface area contributed by atoms with Crippen LogP contribution in [0.5, 0.6) is 11.5 Å². The van der Waals surface area contributed by atoms with Gasteiger partial charge in [0, 0.05) is 0 Å². The number of hydrazine groups is 1. The van der Waals surface area contributed by atoms with E-state index in [4.69, 9.17) is 16.3 Å². The normalized spacial score (nSPS) is 18.2. The third kappa shape index (κ3) is 4.23. The molecule has 9 heteroatoms. The molecule has 0 radical (unpaired) electrons. The van der Waals surface area contributed by atoms with Gasteiger partial charge in [0.1, 0.15) is 28.6 Å². The molecular weight excluding hydrogens is 410 g/mol. The molecule has 3 rings (SSSR count). The van der Waals surface area contributed by atoms with E-state index < -0.39 is 23.2 Å². The Kier molecular flexibility index (Phi) is 6.26. The number of aromatic hydroxyl groups is 1. The van der Waals surface area contributed by atoms with Crippen molar-refractivity contribution in [1.82, 2.24) is 10.4 Å². The van der Waals surface area contributed by atoms with Crippen LogP contribution in [0.1, 0.15) is 42.5 Å². The molecule has 158 valence electrons. The maximum absolute atomic E-state index is 12.4. The number of carbonyl (C=O) groups is 2. The standard InChI is InChI=1S/C21H22ClN3O5/c1-11(2)15-9-16(24-29)12(3)7-17(15)30-10-18(27)23-25-20(19(22)21(25)28)13-5-4-6-14(26)8-13/h4-9,11,19-20,26H,10H2,1-3H3,(H,23,27). The van der Waals surface area contributed by atoms with E-state index in [9.17, 15) is 19.6 Å².